The summed E-state index contributed by atoms with van der Waals surface area (Å²) < 4.78 is 28.1. The maximum absolute atomic E-state index is 14.0. The van der Waals surface area contributed by atoms with Gasteiger partial charge in [-0.25, -0.2) is 8.78 Å². The van der Waals surface area contributed by atoms with Crippen molar-refractivity contribution in [1.82, 2.24) is 15.5 Å². The van der Waals surface area contributed by atoms with E-state index in [0.717, 1.165) is 31.4 Å². The molecule has 0 spiro atoms. The van der Waals surface area contributed by atoms with Crippen LogP contribution in [0.2, 0.25) is 0 Å². The molecule has 28 heavy (non-hydrogen) atoms. The van der Waals surface area contributed by atoms with Gasteiger partial charge >= 0.3 is 0 Å². The molecule has 1 aromatic carbocycles. The van der Waals surface area contributed by atoms with Crippen LogP contribution in [0.3, 0.4) is 0 Å². The van der Waals surface area contributed by atoms with Crippen LogP contribution in [0, 0.1) is 17.6 Å². The first-order valence-electron chi connectivity index (χ1n) is 9.89. The fraction of sp³-hybridized carbons (Fsp3) is 0.650. The van der Waals surface area contributed by atoms with E-state index in [1.165, 1.54) is 31.0 Å². The number of para-hydroxylation sites is 1. The molecule has 2 atom stereocenters. The van der Waals surface area contributed by atoms with Crippen molar-refractivity contribution in [2.24, 2.45) is 10.9 Å². The van der Waals surface area contributed by atoms with Crippen LogP contribution in [-0.2, 0) is 0 Å². The Labute approximate surface area is 184 Å². The molecule has 3 rings (SSSR count). The number of anilines is 1. The molecule has 1 aliphatic carbocycles. The second-order valence-electron chi connectivity index (χ2n) is 7.73. The summed E-state index contributed by atoms with van der Waals surface area (Å²) in [5.41, 5.74) is 0.0742. The Bertz CT molecular complexity index is 644. The monoisotopic (exact) mass is 507 g/mol. The van der Waals surface area contributed by atoms with E-state index in [4.69, 9.17) is 4.99 Å². The Morgan fingerprint density at radius 1 is 1.25 bits per heavy atom. The molecule has 2 fully saturated rings. The molecule has 0 amide bonds. The molecule has 8 heteroatoms. The average Bonchev–Trinajstić information content (AvgIpc) is 3.34. The van der Waals surface area contributed by atoms with Gasteiger partial charge in [-0.1, -0.05) is 6.07 Å². The molecular weight excluding hydrogens is 475 g/mol. The summed E-state index contributed by atoms with van der Waals surface area (Å²) in [7, 11) is 4.22. The van der Waals surface area contributed by atoms with Crippen LogP contribution in [0.25, 0.3) is 0 Å². The number of likely N-dealkylation sites (N-methyl/N-ethyl adjacent to an activating group) is 1. The van der Waals surface area contributed by atoms with Gasteiger partial charge in [-0.3, -0.25) is 4.99 Å². The molecule has 2 aliphatic rings. The standard InChI is InChI=1S/C20H31F2N5.HI/c1-4-23-20(24-12-18(26(2)3)14-8-9-14)25-15-10-11-27(13-15)19-16(21)6-5-7-17(19)22;/h5-7,14-15,18H,4,8-13H2,1-3H3,(H2,23,24,25);1H. The Kier molecular flexibility index (Phi) is 8.73. The van der Waals surface area contributed by atoms with Crippen LogP contribution in [0.1, 0.15) is 26.2 Å². The molecule has 1 aromatic rings. The lowest BCUT2D eigenvalue weighted by Crippen LogP contribution is -2.45. The number of hydrogen-bond donors (Lipinski definition) is 2. The molecule has 1 aliphatic heterocycles. The van der Waals surface area contributed by atoms with Crippen molar-refractivity contribution in [2.45, 2.75) is 38.3 Å². The molecule has 0 bridgehead atoms. The molecule has 2 N–H and O–H groups in total. The van der Waals surface area contributed by atoms with Gasteiger partial charge in [0.25, 0.3) is 0 Å². The highest BCUT2D eigenvalue weighted by molar-refractivity contribution is 14.0. The zero-order valence-electron chi connectivity index (χ0n) is 16.9. The summed E-state index contributed by atoms with van der Waals surface area (Å²) in [6.45, 7) is 4.75. The predicted octanol–water partition coefficient (Wildman–Crippen LogP) is 3.06. The summed E-state index contributed by atoms with van der Waals surface area (Å²) in [6, 6.07) is 4.60. The summed E-state index contributed by atoms with van der Waals surface area (Å²) in [5.74, 6) is 0.521. The van der Waals surface area contributed by atoms with Crippen LogP contribution in [0.4, 0.5) is 14.5 Å². The van der Waals surface area contributed by atoms with Gasteiger partial charge in [-0.15, -0.1) is 24.0 Å². The number of benzene rings is 1. The Balaban J connectivity index is 0.00000280. The highest BCUT2D eigenvalue weighted by atomic mass is 127. The van der Waals surface area contributed by atoms with E-state index >= 15 is 0 Å². The number of rotatable bonds is 7. The third-order valence-electron chi connectivity index (χ3n) is 5.39. The third-order valence-corrected chi connectivity index (χ3v) is 5.39. The smallest absolute Gasteiger partial charge is 0.191 e. The lowest BCUT2D eigenvalue weighted by molar-refractivity contribution is 0.271. The first-order chi connectivity index (χ1) is 13.0. The molecule has 2 unspecified atom stereocenters. The van der Waals surface area contributed by atoms with Gasteiger partial charge in [0, 0.05) is 31.7 Å². The second kappa shape index (κ2) is 10.6. The average molecular weight is 507 g/mol. The third kappa shape index (κ3) is 5.92. The first-order valence-corrected chi connectivity index (χ1v) is 9.89. The summed E-state index contributed by atoms with van der Waals surface area (Å²) >= 11 is 0. The highest BCUT2D eigenvalue weighted by Crippen LogP contribution is 2.34. The van der Waals surface area contributed by atoms with E-state index in [1.54, 1.807) is 4.90 Å². The molecule has 1 saturated heterocycles. The minimum atomic E-state index is -0.505. The van der Waals surface area contributed by atoms with Gasteiger partial charge in [0.2, 0.25) is 0 Å². The van der Waals surface area contributed by atoms with Crippen molar-refractivity contribution < 1.29 is 8.78 Å². The quantitative estimate of drug-likeness (QED) is 0.339. The Morgan fingerprint density at radius 2 is 1.93 bits per heavy atom. The lowest BCUT2D eigenvalue weighted by Gasteiger charge is -2.24. The summed E-state index contributed by atoms with van der Waals surface area (Å²) in [5, 5.41) is 6.74. The minimum Gasteiger partial charge on any atom is -0.365 e. The fourth-order valence-electron chi connectivity index (χ4n) is 3.79. The van der Waals surface area contributed by atoms with E-state index in [1.807, 2.05) is 6.92 Å². The SMILES string of the molecule is CCNC(=NCC(C1CC1)N(C)C)NC1CCN(c2c(F)cccc2F)C1.I. The molecule has 158 valence electrons. The van der Waals surface area contributed by atoms with Gasteiger partial charge in [0.15, 0.2) is 5.96 Å². The predicted molar refractivity (Wildman–Crippen MR) is 122 cm³/mol. The number of aliphatic imine (C=N–C) groups is 1. The van der Waals surface area contributed by atoms with Gasteiger partial charge in [-0.05, 0) is 58.3 Å². The summed E-state index contributed by atoms with van der Waals surface area (Å²) in [6.07, 6.45) is 3.39. The van der Waals surface area contributed by atoms with Crippen LogP contribution in [0.5, 0.6) is 0 Å². The van der Waals surface area contributed by atoms with Crippen molar-refractivity contribution in [3.05, 3.63) is 29.8 Å². The fourth-order valence-corrected chi connectivity index (χ4v) is 3.79. The topological polar surface area (TPSA) is 42.9 Å². The molecule has 1 saturated carbocycles. The maximum atomic E-state index is 14.0. The van der Waals surface area contributed by atoms with E-state index in [0.29, 0.717) is 19.1 Å². The molecule has 0 aromatic heterocycles. The molecular formula is C20H32F2IN5. The van der Waals surface area contributed by atoms with Crippen molar-refractivity contribution in [3.8, 4) is 0 Å². The first kappa shape index (κ1) is 23.1. The van der Waals surface area contributed by atoms with Gasteiger partial charge in [0.05, 0.1) is 6.54 Å². The van der Waals surface area contributed by atoms with Gasteiger partial charge < -0.3 is 20.4 Å². The summed E-state index contributed by atoms with van der Waals surface area (Å²) in [4.78, 5) is 8.81. The second-order valence-corrected chi connectivity index (χ2v) is 7.73. The number of hydrogen-bond acceptors (Lipinski definition) is 3. The Hall–Kier alpha value is -1.16. The van der Waals surface area contributed by atoms with Crippen molar-refractivity contribution >= 4 is 35.6 Å². The van der Waals surface area contributed by atoms with Crippen molar-refractivity contribution in [2.75, 3.05) is 45.2 Å². The molecule has 5 nitrogen and oxygen atoms in total. The highest BCUT2D eigenvalue weighted by Gasteiger charge is 2.32. The number of guanidine groups is 1. The number of nitrogens with zero attached hydrogens (tertiary/aromatic N) is 3. The minimum absolute atomic E-state index is 0. The normalized spacial score (nSPS) is 20.9. The number of halogens is 3. The maximum Gasteiger partial charge on any atom is 0.191 e. The van der Waals surface area contributed by atoms with Crippen LogP contribution < -0.4 is 15.5 Å². The van der Waals surface area contributed by atoms with Crippen molar-refractivity contribution in [3.63, 3.8) is 0 Å². The molecule has 0 radical (unpaired) electrons. The largest absolute Gasteiger partial charge is 0.365 e. The van der Waals surface area contributed by atoms with Crippen LogP contribution in [0.15, 0.2) is 23.2 Å². The number of nitrogens with one attached hydrogen (secondary N) is 2. The van der Waals surface area contributed by atoms with Gasteiger partial charge in [0.1, 0.15) is 17.3 Å². The lowest BCUT2D eigenvalue weighted by atomic mass is 10.2. The Morgan fingerprint density at radius 3 is 2.50 bits per heavy atom. The van der Waals surface area contributed by atoms with E-state index in [-0.39, 0.29) is 35.7 Å². The zero-order chi connectivity index (χ0) is 19.4. The van der Waals surface area contributed by atoms with E-state index in [9.17, 15) is 8.78 Å². The van der Waals surface area contributed by atoms with Crippen LogP contribution >= 0.6 is 24.0 Å². The van der Waals surface area contributed by atoms with E-state index in [2.05, 4.69) is 29.6 Å². The van der Waals surface area contributed by atoms with Gasteiger partial charge in [-0.2, -0.15) is 0 Å². The zero-order valence-corrected chi connectivity index (χ0v) is 19.3. The van der Waals surface area contributed by atoms with E-state index < -0.39 is 11.6 Å². The molecule has 1 heterocycles. The van der Waals surface area contributed by atoms with Crippen LogP contribution in [-0.4, -0.2) is 63.2 Å². The van der Waals surface area contributed by atoms with Crippen molar-refractivity contribution in [1.29, 1.82) is 0 Å².